The maximum atomic E-state index is 6.06. The molecule has 3 nitrogen and oxygen atoms in total. The highest BCUT2D eigenvalue weighted by Crippen LogP contribution is 2.37. The van der Waals surface area contributed by atoms with Crippen molar-refractivity contribution >= 4 is 43.4 Å². The average molecular weight is 397 g/mol. The van der Waals surface area contributed by atoms with Crippen LogP contribution in [0.5, 0.6) is 0 Å². The third-order valence-corrected chi connectivity index (χ3v) is 4.46. The fraction of sp³-hybridized carbons (Fsp3) is 0.267. The van der Waals surface area contributed by atoms with Crippen molar-refractivity contribution in [3.05, 3.63) is 51.0 Å². The molecule has 0 unspecified atom stereocenters. The number of aromatic nitrogens is 1. The summed E-state index contributed by atoms with van der Waals surface area (Å²) in [5.74, 6) is 0.985. The lowest BCUT2D eigenvalue weighted by Crippen LogP contribution is -2.26. The fourth-order valence-corrected chi connectivity index (χ4v) is 3.46. The first-order valence-corrected chi connectivity index (χ1v) is 8.15. The molecule has 0 saturated heterocycles. The number of nitrogen functional groups attached to an aromatic ring is 1. The summed E-state index contributed by atoms with van der Waals surface area (Å²) in [7, 11) is 0. The largest absolute Gasteiger partial charge is 0.398 e. The van der Waals surface area contributed by atoms with Gasteiger partial charge in [-0.05, 0) is 62.4 Å². The van der Waals surface area contributed by atoms with Crippen molar-refractivity contribution < 1.29 is 0 Å². The molecule has 1 heterocycles. The van der Waals surface area contributed by atoms with Crippen molar-refractivity contribution in [2.24, 2.45) is 0 Å². The van der Waals surface area contributed by atoms with E-state index in [1.165, 1.54) is 12.8 Å². The summed E-state index contributed by atoms with van der Waals surface area (Å²) >= 11 is 7.06. The molecule has 1 aromatic carbocycles. The second-order valence-electron chi connectivity index (χ2n) is 5.02. The van der Waals surface area contributed by atoms with E-state index in [2.05, 4.69) is 47.8 Å². The molecule has 0 spiro atoms. The molecule has 1 aliphatic rings. The Labute approximate surface area is 135 Å². The molecule has 0 amide bonds. The molecule has 1 fully saturated rings. The van der Waals surface area contributed by atoms with E-state index in [0.29, 0.717) is 6.04 Å². The van der Waals surface area contributed by atoms with Crippen LogP contribution in [0.15, 0.2) is 45.5 Å². The summed E-state index contributed by atoms with van der Waals surface area (Å²) < 4.78 is 1.98. The molecular weight excluding hydrogens is 382 g/mol. The van der Waals surface area contributed by atoms with Gasteiger partial charge in [-0.25, -0.2) is 4.98 Å². The molecule has 1 aliphatic carbocycles. The molecule has 2 aromatic rings. The molecule has 0 aliphatic heterocycles. The fourth-order valence-electron chi connectivity index (χ4n) is 2.24. The van der Waals surface area contributed by atoms with E-state index in [9.17, 15) is 0 Å². The van der Waals surface area contributed by atoms with Gasteiger partial charge in [0, 0.05) is 28.9 Å². The van der Waals surface area contributed by atoms with Gasteiger partial charge in [0.05, 0.1) is 4.47 Å². The van der Waals surface area contributed by atoms with Crippen LogP contribution in [0.3, 0.4) is 0 Å². The van der Waals surface area contributed by atoms with Crippen LogP contribution < -0.4 is 10.6 Å². The normalized spacial score (nSPS) is 14.3. The first-order valence-electron chi connectivity index (χ1n) is 6.56. The van der Waals surface area contributed by atoms with Crippen LogP contribution in [0.2, 0.25) is 0 Å². The minimum absolute atomic E-state index is 0.569. The first-order chi connectivity index (χ1) is 9.65. The van der Waals surface area contributed by atoms with Crippen molar-refractivity contribution in [2.75, 3.05) is 10.6 Å². The number of hydrogen-bond donors (Lipinski definition) is 1. The van der Waals surface area contributed by atoms with Crippen LogP contribution in [0.4, 0.5) is 11.5 Å². The van der Waals surface area contributed by atoms with Crippen molar-refractivity contribution in [3.8, 4) is 0 Å². The highest BCUT2D eigenvalue weighted by Gasteiger charge is 2.31. The lowest BCUT2D eigenvalue weighted by Gasteiger charge is -2.25. The minimum Gasteiger partial charge on any atom is -0.398 e. The van der Waals surface area contributed by atoms with Crippen LogP contribution in [0, 0.1) is 0 Å². The van der Waals surface area contributed by atoms with Crippen molar-refractivity contribution in [2.45, 2.75) is 25.4 Å². The van der Waals surface area contributed by atoms with E-state index < -0.39 is 0 Å². The maximum Gasteiger partial charge on any atom is 0.143 e. The second-order valence-corrected chi connectivity index (χ2v) is 6.79. The van der Waals surface area contributed by atoms with E-state index in [1.807, 2.05) is 30.5 Å². The zero-order valence-electron chi connectivity index (χ0n) is 10.9. The predicted molar refractivity (Wildman–Crippen MR) is 89.7 cm³/mol. The van der Waals surface area contributed by atoms with E-state index >= 15 is 0 Å². The third-order valence-electron chi connectivity index (χ3n) is 3.44. The molecule has 0 bridgehead atoms. The number of rotatable bonds is 4. The van der Waals surface area contributed by atoms with E-state index in [4.69, 9.17) is 5.73 Å². The molecule has 104 valence electrons. The summed E-state index contributed by atoms with van der Waals surface area (Å²) in [5, 5.41) is 0. The van der Waals surface area contributed by atoms with Gasteiger partial charge < -0.3 is 10.6 Å². The smallest absolute Gasteiger partial charge is 0.143 e. The monoisotopic (exact) mass is 395 g/mol. The molecule has 20 heavy (non-hydrogen) atoms. The van der Waals surface area contributed by atoms with Crippen LogP contribution in [0.25, 0.3) is 0 Å². The molecule has 2 N–H and O–H groups in total. The van der Waals surface area contributed by atoms with Crippen LogP contribution >= 0.6 is 31.9 Å². The Balaban J connectivity index is 1.92. The van der Waals surface area contributed by atoms with Gasteiger partial charge in [-0.1, -0.05) is 18.2 Å². The van der Waals surface area contributed by atoms with Gasteiger partial charge in [0.1, 0.15) is 5.82 Å². The number of nitrogens with zero attached hydrogens (tertiary/aromatic N) is 2. The van der Waals surface area contributed by atoms with Crippen LogP contribution in [-0.2, 0) is 6.54 Å². The SMILES string of the molecule is Nc1ccccc1CN(c1ncc(Br)cc1Br)C1CC1. The van der Waals surface area contributed by atoms with Crippen LogP contribution in [-0.4, -0.2) is 11.0 Å². The Morgan fingerprint density at radius 3 is 2.65 bits per heavy atom. The van der Waals surface area contributed by atoms with Crippen LogP contribution in [0.1, 0.15) is 18.4 Å². The Morgan fingerprint density at radius 1 is 1.25 bits per heavy atom. The number of para-hydroxylation sites is 1. The molecule has 0 radical (unpaired) electrons. The molecule has 1 saturated carbocycles. The van der Waals surface area contributed by atoms with Gasteiger partial charge in [0.15, 0.2) is 0 Å². The standard InChI is InChI=1S/C15H15Br2N3/c16-11-7-13(17)15(19-8-11)20(12-5-6-12)9-10-3-1-2-4-14(10)18/h1-4,7-8,12H,5-6,9,18H2. The lowest BCUT2D eigenvalue weighted by atomic mass is 10.1. The van der Waals surface area contributed by atoms with Crippen molar-refractivity contribution in [1.82, 2.24) is 4.98 Å². The second kappa shape index (κ2) is 5.74. The summed E-state index contributed by atoms with van der Waals surface area (Å²) in [6, 6.07) is 10.6. The van der Waals surface area contributed by atoms with Gasteiger partial charge >= 0.3 is 0 Å². The van der Waals surface area contributed by atoms with Crippen molar-refractivity contribution in [3.63, 3.8) is 0 Å². The Bertz CT molecular complexity index is 626. The Kier molecular flexibility index (Phi) is 3.98. The number of hydrogen-bond acceptors (Lipinski definition) is 3. The van der Waals surface area contributed by atoms with E-state index in [1.54, 1.807) is 0 Å². The molecule has 5 heteroatoms. The number of anilines is 2. The molecular formula is C15H15Br2N3. The number of halogens is 2. The summed E-state index contributed by atoms with van der Waals surface area (Å²) in [6.45, 7) is 0.796. The number of benzene rings is 1. The average Bonchev–Trinajstić information content (AvgIpc) is 3.23. The molecule has 0 atom stereocenters. The lowest BCUT2D eigenvalue weighted by molar-refractivity contribution is 0.776. The van der Waals surface area contributed by atoms with Gasteiger partial charge in [-0.2, -0.15) is 0 Å². The Hall–Kier alpha value is -1.07. The molecule has 1 aromatic heterocycles. The van der Waals surface area contributed by atoms with E-state index in [-0.39, 0.29) is 0 Å². The zero-order valence-corrected chi connectivity index (χ0v) is 14.1. The number of pyridine rings is 1. The Morgan fingerprint density at radius 2 is 2.00 bits per heavy atom. The van der Waals surface area contributed by atoms with Gasteiger partial charge in [0.25, 0.3) is 0 Å². The minimum atomic E-state index is 0.569. The van der Waals surface area contributed by atoms with E-state index in [0.717, 1.165) is 32.6 Å². The summed E-state index contributed by atoms with van der Waals surface area (Å²) in [5.41, 5.74) is 8.05. The summed E-state index contributed by atoms with van der Waals surface area (Å²) in [6.07, 6.45) is 4.28. The van der Waals surface area contributed by atoms with Gasteiger partial charge in [0.2, 0.25) is 0 Å². The topological polar surface area (TPSA) is 42.1 Å². The number of nitrogens with two attached hydrogens (primary N) is 1. The predicted octanol–water partition coefficient (Wildman–Crippen LogP) is 4.36. The quantitative estimate of drug-likeness (QED) is 0.780. The summed E-state index contributed by atoms with van der Waals surface area (Å²) in [4.78, 5) is 6.89. The van der Waals surface area contributed by atoms with Crippen molar-refractivity contribution in [1.29, 1.82) is 0 Å². The highest BCUT2D eigenvalue weighted by molar-refractivity contribution is 9.11. The zero-order chi connectivity index (χ0) is 14.1. The van der Waals surface area contributed by atoms with Gasteiger partial charge in [-0.3, -0.25) is 0 Å². The van der Waals surface area contributed by atoms with Gasteiger partial charge in [-0.15, -0.1) is 0 Å². The third kappa shape index (κ3) is 2.99. The molecule has 3 rings (SSSR count). The highest BCUT2D eigenvalue weighted by atomic mass is 79.9. The maximum absolute atomic E-state index is 6.06. The first kappa shape index (κ1) is 13.9.